The summed E-state index contributed by atoms with van der Waals surface area (Å²) in [5.41, 5.74) is 0.140. The van der Waals surface area contributed by atoms with Crippen LogP contribution in [-0.2, 0) is 9.63 Å². The first-order chi connectivity index (χ1) is 9.61. The number of benzene rings is 1. The molecule has 3 fully saturated rings. The molecule has 1 aromatic carbocycles. The molecule has 1 aliphatic heterocycles. The van der Waals surface area contributed by atoms with Gasteiger partial charge >= 0.3 is 5.97 Å². The average Bonchev–Trinajstić information content (AvgIpc) is 3.08. The quantitative estimate of drug-likeness (QED) is 0.771. The van der Waals surface area contributed by atoms with Gasteiger partial charge in [-0.15, -0.1) is 0 Å². The Balaban J connectivity index is 1.57. The van der Waals surface area contributed by atoms with E-state index in [0.717, 1.165) is 25.7 Å². The summed E-state index contributed by atoms with van der Waals surface area (Å²) in [4.78, 5) is 41.6. The van der Waals surface area contributed by atoms with Gasteiger partial charge in [-0.25, -0.2) is 4.79 Å². The third kappa shape index (κ3) is 1.35. The molecular formula is C15H13NO4. The van der Waals surface area contributed by atoms with Crippen molar-refractivity contribution in [1.82, 2.24) is 5.06 Å². The predicted molar refractivity (Wildman–Crippen MR) is 67.4 cm³/mol. The Hall–Kier alpha value is -2.17. The first kappa shape index (κ1) is 11.6. The molecule has 5 heteroatoms. The van der Waals surface area contributed by atoms with E-state index >= 15 is 0 Å². The number of hydroxylamine groups is 2. The number of hydrogen-bond donors (Lipinski definition) is 0. The molecule has 5 rings (SSSR count). The minimum absolute atomic E-state index is 0.292. The third-order valence-electron chi connectivity index (χ3n) is 4.75. The number of imide groups is 1. The fourth-order valence-corrected chi connectivity index (χ4v) is 3.63. The number of carbonyl (C=O) groups is 3. The first-order valence-electron chi connectivity index (χ1n) is 6.81. The molecule has 1 heterocycles. The van der Waals surface area contributed by atoms with Crippen LogP contribution in [0.3, 0.4) is 0 Å². The van der Waals surface area contributed by atoms with Gasteiger partial charge < -0.3 is 4.84 Å². The molecule has 0 aromatic heterocycles. The molecule has 0 N–H and O–H groups in total. The van der Waals surface area contributed by atoms with Crippen LogP contribution >= 0.6 is 0 Å². The van der Waals surface area contributed by atoms with E-state index < -0.39 is 23.2 Å². The van der Waals surface area contributed by atoms with Crippen LogP contribution in [0, 0.1) is 11.3 Å². The van der Waals surface area contributed by atoms with Gasteiger partial charge in [0.15, 0.2) is 0 Å². The average molecular weight is 271 g/mol. The second-order valence-electron chi connectivity index (χ2n) is 5.92. The lowest BCUT2D eigenvalue weighted by Crippen LogP contribution is -2.43. The van der Waals surface area contributed by atoms with Gasteiger partial charge in [-0.3, -0.25) is 9.59 Å². The molecule has 0 atom stereocenters. The van der Waals surface area contributed by atoms with Crippen LogP contribution in [0.5, 0.6) is 0 Å². The molecule has 0 radical (unpaired) electrons. The molecule has 4 aliphatic rings. The van der Waals surface area contributed by atoms with Crippen LogP contribution < -0.4 is 0 Å². The van der Waals surface area contributed by atoms with E-state index in [-0.39, 0.29) is 0 Å². The highest BCUT2D eigenvalue weighted by Crippen LogP contribution is 2.59. The Morgan fingerprint density at radius 2 is 1.75 bits per heavy atom. The van der Waals surface area contributed by atoms with Gasteiger partial charge in [0.2, 0.25) is 0 Å². The van der Waals surface area contributed by atoms with Gasteiger partial charge in [0.25, 0.3) is 11.8 Å². The fourth-order valence-electron chi connectivity index (χ4n) is 3.63. The smallest absolute Gasteiger partial charge is 0.329 e. The molecule has 3 aliphatic carbocycles. The zero-order valence-corrected chi connectivity index (χ0v) is 10.8. The summed E-state index contributed by atoms with van der Waals surface area (Å²) in [6.45, 7) is 0. The maximum absolute atomic E-state index is 12.2. The molecule has 1 aromatic rings. The van der Waals surface area contributed by atoms with Crippen LogP contribution in [0.4, 0.5) is 0 Å². The van der Waals surface area contributed by atoms with Crippen molar-refractivity contribution in [1.29, 1.82) is 0 Å². The molecule has 5 nitrogen and oxygen atoms in total. The molecule has 20 heavy (non-hydrogen) atoms. The number of rotatable bonds is 2. The van der Waals surface area contributed by atoms with Crippen LogP contribution in [0.2, 0.25) is 0 Å². The molecule has 102 valence electrons. The lowest BCUT2D eigenvalue weighted by atomic mass is 9.70. The van der Waals surface area contributed by atoms with Crippen molar-refractivity contribution in [3.05, 3.63) is 35.4 Å². The van der Waals surface area contributed by atoms with E-state index in [1.807, 2.05) is 0 Å². The Kier molecular flexibility index (Phi) is 2.14. The number of nitrogens with zero attached hydrogens (tertiary/aromatic N) is 1. The topological polar surface area (TPSA) is 63.7 Å². The van der Waals surface area contributed by atoms with Gasteiger partial charge in [0.05, 0.1) is 16.5 Å². The molecule has 2 amide bonds. The summed E-state index contributed by atoms with van der Waals surface area (Å²) in [6.07, 6.45) is 3.50. The summed E-state index contributed by atoms with van der Waals surface area (Å²) < 4.78 is 0. The van der Waals surface area contributed by atoms with Gasteiger partial charge in [0.1, 0.15) is 0 Å². The lowest BCUT2D eigenvalue weighted by molar-refractivity contribution is -0.185. The van der Waals surface area contributed by atoms with E-state index in [4.69, 9.17) is 4.84 Å². The maximum atomic E-state index is 12.2. The standard InChI is InChI=1S/C15H13NO4/c17-12-10-3-1-2-4-11(10)13(18)16(12)20-14(19)15-6-5-9(7-15)8-15/h1-4,9H,5-8H2. The maximum Gasteiger partial charge on any atom is 0.339 e. The number of carbonyl (C=O) groups excluding carboxylic acids is 3. The highest BCUT2D eigenvalue weighted by molar-refractivity contribution is 6.20. The van der Waals surface area contributed by atoms with Crippen LogP contribution in [-0.4, -0.2) is 22.8 Å². The van der Waals surface area contributed by atoms with Gasteiger partial charge in [-0.2, -0.15) is 0 Å². The number of hydrogen-bond acceptors (Lipinski definition) is 4. The van der Waals surface area contributed by atoms with E-state index in [1.54, 1.807) is 24.3 Å². The van der Waals surface area contributed by atoms with Crippen molar-refractivity contribution in [2.45, 2.75) is 25.7 Å². The van der Waals surface area contributed by atoms with Crippen molar-refractivity contribution >= 4 is 17.8 Å². The van der Waals surface area contributed by atoms with Gasteiger partial charge in [-0.05, 0) is 43.7 Å². The molecular weight excluding hydrogens is 258 g/mol. The summed E-state index contributed by atoms with van der Waals surface area (Å²) in [5.74, 6) is -0.918. The summed E-state index contributed by atoms with van der Waals surface area (Å²) in [5, 5.41) is 0.618. The molecule has 0 unspecified atom stereocenters. The summed E-state index contributed by atoms with van der Waals surface area (Å²) in [7, 11) is 0. The second kappa shape index (κ2) is 3.69. The van der Waals surface area contributed by atoms with Crippen molar-refractivity contribution in [2.75, 3.05) is 0 Å². The Labute approximate surface area is 115 Å². The van der Waals surface area contributed by atoms with Crippen LogP contribution in [0.15, 0.2) is 24.3 Å². The van der Waals surface area contributed by atoms with Crippen molar-refractivity contribution in [3.63, 3.8) is 0 Å². The second-order valence-corrected chi connectivity index (χ2v) is 5.92. The van der Waals surface area contributed by atoms with E-state index in [1.165, 1.54) is 0 Å². The molecule has 2 bridgehead atoms. The van der Waals surface area contributed by atoms with Crippen molar-refractivity contribution in [2.24, 2.45) is 11.3 Å². The zero-order valence-electron chi connectivity index (χ0n) is 10.8. The van der Waals surface area contributed by atoms with Crippen LogP contribution in [0.1, 0.15) is 46.4 Å². The Morgan fingerprint density at radius 1 is 1.15 bits per heavy atom. The SMILES string of the molecule is O=C1c2ccccc2C(=O)N1OC(=O)C12CCC(C1)C2. The third-order valence-corrected chi connectivity index (χ3v) is 4.75. The Bertz CT molecular complexity index is 605. The Morgan fingerprint density at radius 3 is 2.25 bits per heavy atom. The highest BCUT2D eigenvalue weighted by Gasteiger charge is 2.57. The number of amides is 2. The first-order valence-corrected chi connectivity index (χ1v) is 6.81. The normalized spacial score (nSPS) is 30.2. The largest absolute Gasteiger partial charge is 0.339 e. The van der Waals surface area contributed by atoms with Gasteiger partial charge in [-0.1, -0.05) is 17.2 Å². The molecule has 0 saturated heterocycles. The fraction of sp³-hybridized carbons (Fsp3) is 0.400. The van der Waals surface area contributed by atoms with Crippen molar-refractivity contribution in [3.8, 4) is 0 Å². The lowest BCUT2D eigenvalue weighted by Gasteiger charge is -2.35. The zero-order chi connectivity index (χ0) is 13.9. The van der Waals surface area contributed by atoms with Crippen LogP contribution in [0.25, 0.3) is 0 Å². The minimum atomic E-state index is -0.552. The van der Waals surface area contributed by atoms with E-state index in [0.29, 0.717) is 22.1 Å². The van der Waals surface area contributed by atoms with E-state index in [9.17, 15) is 14.4 Å². The predicted octanol–water partition coefficient (Wildman–Crippen LogP) is 1.93. The van der Waals surface area contributed by atoms with E-state index in [2.05, 4.69) is 0 Å². The summed E-state index contributed by atoms with van der Waals surface area (Å²) in [6, 6.07) is 6.50. The summed E-state index contributed by atoms with van der Waals surface area (Å²) >= 11 is 0. The van der Waals surface area contributed by atoms with Gasteiger partial charge in [0, 0.05) is 0 Å². The molecule has 0 spiro atoms. The number of fused-ring (bicyclic) bond motifs is 2. The highest BCUT2D eigenvalue weighted by atomic mass is 16.7. The molecule has 3 saturated carbocycles. The minimum Gasteiger partial charge on any atom is -0.329 e. The monoisotopic (exact) mass is 271 g/mol. The van der Waals surface area contributed by atoms with Crippen molar-refractivity contribution < 1.29 is 19.2 Å².